The van der Waals surface area contributed by atoms with Crippen molar-refractivity contribution >= 4 is 11.9 Å². The zero-order chi connectivity index (χ0) is 18.3. The lowest BCUT2D eigenvalue weighted by Crippen LogP contribution is -2.12. The average molecular weight is 360 g/mol. The van der Waals surface area contributed by atoms with Crippen LogP contribution in [-0.2, 0) is 0 Å². The molecular formula is C20H28N2O4. The number of hydrogen-bond donors (Lipinski definition) is 4. The van der Waals surface area contributed by atoms with Crippen LogP contribution in [0.1, 0.15) is 46.4 Å². The number of carboxylic acids is 2. The zero-order valence-corrected chi connectivity index (χ0v) is 14.9. The van der Waals surface area contributed by atoms with E-state index in [9.17, 15) is 9.59 Å². The Kier molecular flexibility index (Phi) is 13.1. The molecule has 0 aliphatic carbocycles. The first kappa shape index (κ1) is 23.3. The molecule has 0 spiro atoms. The highest BCUT2D eigenvalue weighted by Crippen LogP contribution is 2.00. The average Bonchev–Trinajstić information content (AvgIpc) is 2.97. The summed E-state index contributed by atoms with van der Waals surface area (Å²) >= 11 is 0. The SMILES string of the molecule is C1CCCNCC1.N.O=C(O)c1ccccc1.O=C(O)c1ccccc1. The van der Waals surface area contributed by atoms with Crippen molar-refractivity contribution in [3.63, 3.8) is 0 Å². The normalized spacial score (nSPS) is 12.6. The van der Waals surface area contributed by atoms with E-state index in [1.807, 2.05) is 0 Å². The summed E-state index contributed by atoms with van der Waals surface area (Å²) in [5, 5.41) is 20.1. The molecule has 0 aromatic heterocycles. The van der Waals surface area contributed by atoms with Gasteiger partial charge in [-0.05, 0) is 50.2 Å². The minimum atomic E-state index is -0.879. The third kappa shape index (κ3) is 11.0. The predicted molar refractivity (Wildman–Crippen MR) is 103 cm³/mol. The molecule has 0 radical (unpaired) electrons. The number of benzene rings is 2. The van der Waals surface area contributed by atoms with Crippen LogP contribution in [0.15, 0.2) is 60.7 Å². The Hall–Kier alpha value is -2.70. The van der Waals surface area contributed by atoms with Gasteiger partial charge in [-0.15, -0.1) is 0 Å². The summed E-state index contributed by atoms with van der Waals surface area (Å²) in [5.74, 6) is -1.76. The fourth-order valence-electron chi connectivity index (χ4n) is 2.14. The van der Waals surface area contributed by atoms with E-state index in [0.29, 0.717) is 11.1 Å². The zero-order valence-electron chi connectivity index (χ0n) is 14.9. The molecule has 1 fully saturated rings. The van der Waals surface area contributed by atoms with E-state index >= 15 is 0 Å². The monoisotopic (exact) mass is 360 g/mol. The van der Waals surface area contributed by atoms with Crippen LogP contribution in [0.5, 0.6) is 0 Å². The summed E-state index contributed by atoms with van der Waals surface area (Å²) in [6.07, 6.45) is 5.65. The highest BCUT2D eigenvalue weighted by Gasteiger charge is 1.97. The van der Waals surface area contributed by atoms with Gasteiger partial charge in [-0.2, -0.15) is 0 Å². The van der Waals surface area contributed by atoms with Crippen molar-refractivity contribution < 1.29 is 19.8 Å². The third-order valence-electron chi connectivity index (χ3n) is 3.50. The minimum Gasteiger partial charge on any atom is -0.478 e. The molecule has 0 bridgehead atoms. The number of hydrogen-bond acceptors (Lipinski definition) is 4. The molecule has 142 valence electrons. The van der Waals surface area contributed by atoms with Gasteiger partial charge in [0.15, 0.2) is 0 Å². The molecule has 1 aliphatic heterocycles. The lowest BCUT2D eigenvalue weighted by atomic mass is 10.2. The highest BCUT2D eigenvalue weighted by atomic mass is 16.4. The van der Waals surface area contributed by atoms with Gasteiger partial charge in [0.2, 0.25) is 0 Å². The van der Waals surface area contributed by atoms with Crippen molar-refractivity contribution in [3.05, 3.63) is 71.8 Å². The topological polar surface area (TPSA) is 122 Å². The van der Waals surface area contributed by atoms with Crippen molar-refractivity contribution in [2.24, 2.45) is 0 Å². The second-order valence-electron chi connectivity index (χ2n) is 5.51. The van der Waals surface area contributed by atoms with Crippen molar-refractivity contribution in [3.8, 4) is 0 Å². The predicted octanol–water partition coefficient (Wildman–Crippen LogP) is 4.08. The van der Waals surface area contributed by atoms with E-state index in [1.54, 1.807) is 60.7 Å². The molecule has 2 aromatic rings. The second kappa shape index (κ2) is 14.6. The van der Waals surface area contributed by atoms with Gasteiger partial charge in [0.05, 0.1) is 11.1 Å². The lowest BCUT2D eigenvalue weighted by molar-refractivity contribution is 0.0686. The van der Waals surface area contributed by atoms with Crippen LogP contribution < -0.4 is 11.5 Å². The molecule has 2 aromatic carbocycles. The summed E-state index contributed by atoms with van der Waals surface area (Å²) in [6.45, 7) is 2.50. The molecule has 26 heavy (non-hydrogen) atoms. The standard InChI is InChI=1S/2C7H6O2.C6H13N.H3N/c2*8-7(9)6-4-2-1-3-5-6;1-2-4-6-7-5-3-1;/h2*1-5H,(H,8,9);7H,1-6H2;1H3. The number of carboxylic acid groups (broad SMARTS) is 2. The molecule has 1 heterocycles. The Labute approximate surface area is 154 Å². The Bertz CT molecular complexity index is 549. The fraction of sp³-hybridized carbons (Fsp3) is 0.300. The molecule has 1 saturated heterocycles. The summed E-state index contributed by atoms with van der Waals surface area (Å²) < 4.78 is 0. The molecule has 6 nitrogen and oxygen atoms in total. The molecule has 0 saturated carbocycles. The van der Waals surface area contributed by atoms with Crippen molar-refractivity contribution in [2.45, 2.75) is 25.7 Å². The lowest BCUT2D eigenvalue weighted by Gasteiger charge is -1.91. The van der Waals surface area contributed by atoms with Gasteiger partial charge in [0.25, 0.3) is 0 Å². The van der Waals surface area contributed by atoms with Crippen LogP contribution in [0, 0.1) is 0 Å². The summed E-state index contributed by atoms with van der Waals surface area (Å²) in [5.41, 5.74) is 0.662. The van der Waals surface area contributed by atoms with Crippen LogP contribution in [-0.4, -0.2) is 35.2 Å². The van der Waals surface area contributed by atoms with Gasteiger partial charge in [0, 0.05) is 0 Å². The van der Waals surface area contributed by atoms with Gasteiger partial charge in [-0.25, -0.2) is 9.59 Å². The van der Waals surface area contributed by atoms with Crippen LogP contribution in [0.2, 0.25) is 0 Å². The molecule has 6 N–H and O–H groups in total. The first-order valence-corrected chi connectivity index (χ1v) is 8.38. The van der Waals surface area contributed by atoms with E-state index in [0.717, 1.165) is 0 Å². The molecule has 0 atom stereocenters. The van der Waals surface area contributed by atoms with E-state index in [1.165, 1.54) is 38.8 Å². The Morgan fingerprint density at radius 1 is 0.654 bits per heavy atom. The van der Waals surface area contributed by atoms with E-state index < -0.39 is 11.9 Å². The second-order valence-corrected chi connectivity index (χ2v) is 5.51. The first-order valence-electron chi connectivity index (χ1n) is 8.38. The number of nitrogens with one attached hydrogen (secondary N) is 1. The number of carbonyl (C=O) groups is 2. The summed E-state index contributed by atoms with van der Waals surface area (Å²) in [7, 11) is 0. The smallest absolute Gasteiger partial charge is 0.335 e. The molecule has 0 unspecified atom stereocenters. The van der Waals surface area contributed by atoms with Crippen LogP contribution >= 0.6 is 0 Å². The minimum absolute atomic E-state index is 0. The number of rotatable bonds is 2. The Morgan fingerprint density at radius 2 is 1.00 bits per heavy atom. The maximum Gasteiger partial charge on any atom is 0.335 e. The van der Waals surface area contributed by atoms with Crippen LogP contribution in [0.25, 0.3) is 0 Å². The van der Waals surface area contributed by atoms with Crippen LogP contribution in [0.4, 0.5) is 0 Å². The van der Waals surface area contributed by atoms with E-state index in [-0.39, 0.29) is 6.15 Å². The molecule has 0 amide bonds. The van der Waals surface area contributed by atoms with Crippen molar-refractivity contribution in [1.82, 2.24) is 11.5 Å². The maximum absolute atomic E-state index is 10.2. The maximum atomic E-state index is 10.2. The molecule has 1 aliphatic rings. The van der Waals surface area contributed by atoms with E-state index in [2.05, 4.69) is 5.32 Å². The quantitative estimate of drug-likeness (QED) is 0.640. The summed E-state index contributed by atoms with van der Waals surface area (Å²) in [6, 6.07) is 16.6. The highest BCUT2D eigenvalue weighted by molar-refractivity contribution is 5.87. The van der Waals surface area contributed by atoms with Gasteiger partial charge in [0.1, 0.15) is 0 Å². The van der Waals surface area contributed by atoms with Crippen molar-refractivity contribution in [2.75, 3.05) is 13.1 Å². The Balaban J connectivity index is 0.000000357. The van der Waals surface area contributed by atoms with Gasteiger partial charge in [-0.1, -0.05) is 49.2 Å². The van der Waals surface area contributed by atoms with E-state index in [4.69, 9.17) is 10.2 Å². The van der Waals surface area contributed by atoms with Gasteiger partial charge >= 0.3 is 11.9 Å². The first-order chi connectivity index (χ1) is 12.1. The van der Waals surface area contributed by atoms with Crippen molar-refractivity contribution in [1.29, 1.82) is 0 Å². The molecule has 3 rings (SSSR count). The Morgan fingerprint density at radius 3 is 1.27 bits per heavy atom. The molecule has 6 heteroatoms. The fourth-order valence-corrected chi connectivity index (χ4v) is 2.14. The number of aromatic carboxylic acids is 2. The molecular weight excluding hydrogens is 332 g/mol. The van der Waals surface area contributed by atoms with Crippen LogP contribution in [0.3, 0.4) is 0 Å². The van der Waals surface area contributed by atoms with Gasteiger partial charge in [-0.3, -0.25) is 0 Å². The summed E-state index contributed by atoms with van der Waals surface area (Å²) in [4.78, 5) is 20.4. The largest absolute Gasteiger partial charge is 0.478 e. The third-order valence-corrected chi connectivity index (χ3v) is 3.50. The van der Waals surface area contributed by atoms with Gasteiger partial charge < -0.3 is 21.7 Å².